The maximum atomic E-state index is 12.8. The molecule has 23 heavy (non-hydrogen) atoms. The molecule has 1 aliphatic rings. The van der Waals surface area contributed by atoms with Crippen molar-refractivity contribution in [1.82, 2.24) is 10.6 Å². The highest BCUT2D eigenvalue weighted by Crippen LogP contribution is 2.50. The molecule has 0 saturated heterocycles. The van der Waals surface area contributed by atoms with Crippen LogP contribution in [0.5, 0.6) is 0 Å². The Bertz CT molecular complexity index is 442. The maximum Gasteiger partial charge on any atom is 0.237 e. The van der Waals surface area contributed by atoms with Gasteiger partial charge in [-0.25, -0.2) is 0 Å². The highest BCUT2D eigenvalue weighted by atomic mass is 32.2. The first kappa shape index (κ1) is 20.5. The lowest BCUT2D eigenvalue weighted by atomic mass is 9.69. The van der Waals surface area contributed by atoms with E-state index in [1.54, 1.807) is 18.7 Å². The van der Waals surface area contributed by atoms with Crippen LogP contribution in [-0.2, 0) is 9.59 Å². The minimum atomic E-state index is -0.545. The van der Waals surface area contributed by atoms with Crippen molar-refractivity contribution in [2.24, 2.45) is 17.1 Å². The lowest BCUT2D eigenvalue weighted by Gasteiger charge is -2.41. The smallest absolute Gasteiger partial charge is 0.237 e. The number of thioether (sulfide) groups is 1. The Morgan fingerprint density at radius 2 is 1.96 bits per heavy atom. The molecule has 1 aliphatic carbocycles. The molecule has 0 spiro atoms. The molecule has 0 aromatic carbocycles. The van der Waals surface area contributed by atoms with Crippen LogP contribution in [-0.4, -0.2) is 48.4 Å². The predicted molar refractivity (Wildman–Crippen MR) is 97.6 cm³/mol. The fourth-order valence-corrected chi connectivity index (χ4v) is 4.00. The van der Waals surface area contributed by atoms with Crippen molar-refractivity contribution in [2.45, 2.75) is 64.6 Å². The Morgan fingerprint density at radius 1 is 1.35 bits per heavy atom. The van der Waals surface area contributed by atoms with Crippen LogP contribution in [0, 0.1) is 11.3 Å². The molecule has 0 bridgehead atoms. The fraction of sp³-hybridized carbons (Fsp3) is 0.882. The Morgan fingerprint density at radius 3 is 2.43 bits per heavy atom. The van der Waals surface area contributed by atoms with Gasteiger partial charge in [0, 0.05) is 11.5 Å². The molecule has 1 rings (SSSR count). The summed E-state index contributed by atoms with van der Waals surface area (Å²) in [6.45, 7) is 8.21. The van der Waals surface area contributed by atoms with Crippen molar-refractivity contribution >= 4 is 23.5 Å². The van der Waals surface area contributed by atoms with Gasteiger partial charge in [-0.05, 0) is 57.6 Å². The standard InChI is InChI=1S/C17H33N3O2S/c1-11(20-15(22)13(18)8-10-23-6)14(21)12-7-9-17(4,19-5)16(12,2)3/h11-13,19H,7-10,18H2,1-6H3,(H,20,22)/t11-,12?,13+,17?/m1/s1. The number of amides is 1. The third-order valence-electron chi connectivity index (χ3n) is 5.88. The third-order valence-corrected chi connectivity index (χ3v) is 6.52. The summed E-state index contributed by atoms with van der Waals surface area (Å²) in [5.41, 5.74) is 5.66. The molecule has 1 saturated carbocycles. The number of rotatable bonds is 8. The number of hydrogen-bond donors (Lipinski definition) is 3. The fourth-order valence-electron chi connectivity index (χ4n) is 3.51. The quantitative estimate of drug-likeness (QED) is 0.623. The van der Waals surface area contributed by atoms with Gasteiger partial charge in [0.25, 0.3) is 0 Å². The number of nitrogens with two attached hydrogens (primary N) is 1. The zero-order chi connectivity index (χ0) is 17.8. The monoisotopic (exact) mass is 343 g/mol. The number of nitrogens with one attached hydrogen (secondary N) is 2. The van der Waals surface area contributed by atoms with Crippen LogP contribution in [0.3, 0.4) is 0 Å². The lowest BCUT2D eigenvalue weighted by molar-refractivity contribution is -0.132. The van der Waals surface area contributed by atoms with Gasteiger partial charge in [-0.3, -0.25) is 9.59 Å². The number of hydrogen-bond acceptors (Lipinski definition) is 5. The second-order valence-electron chi connectivity index (χ2n) is 7.42. The minimum absolute atomic E-state index is 0.0577. The molecule has 4 atom stereocenters. The normalized spacial score (nSPS) is 29.1. The van der Waals surface area contributed by atoms with Gasteiger partial charge in [-0.2, -0.15) is 11.8 Å². The number of Topliss-reactive ketones (excluding diaryl/α,β-unsaturated/α-hetero) is 1. The molecule has 1 fully saturated rings. The van der Waals surface area contributed by atoms with E-state index in [9.17, 15) is 9.59 Å². The van der Waals surface area contributed by atoms with Gasteiger partial charge < -0.3 is 16.4 Å². The summed E-state index contributed by atoms with van der Waals surface area (Å²) in [5, 5.41) is 6.18. The van der Waals surface area contributed by atoms with Crippen molar-refractivity contribution in [2.75, 3.05) is 19.1 Å². The summed E-state index contributed by atoms with van der Waals surface area (Å²) in [5.74, 6) is 0.664. The van der Waals surface area contributed by atoms with Crippen LogP contribution < -0.4 is 16.4 Å². The van der Waals surface area contributed by atoms with Crippen LogP contribution in [0.2, 0.25) is 0 Å². The van der Waals surface area contributed by atoms with E-state index in [2.05, 4.69) is 31.4 Å². The molecule has 5 nitrogen and oxygen atoms in total. The molecule has 6 heteroatoms. The molecule has 0 radical (unpaired) electrons. The van der Waals surface area contributed by atoms with E-state index in [-0.39, 0.29) is 28.6 Å². The maximum absolute atomic E-state index is 12.8. The van der Waals surface area contributed by atoms with Crippen LogP contribution in [0.15, 0.2) is 0 Å². The summed E-state index contributed by atoms with van der Waals surface area (Å²) in [6, 6.07) is -1.04. The lowest BCUT2D eigenvalue weighted by Crippen LogP contribution is -2.54. The Labute approximate surface area is 144 Å². The molecule has 0 aromatic heterocycles. The van der Waals surface area contributed by atoms with Crippen LogP contribution in [0.1, 0.15) is 47.0 Å². The Balaban J connectivity index is 2.69. The molecular weight excluding hydrogens is 310 g/mol. The van der Waals surface area contributed by atoms with Gasteiger partial charge in [-0.15, -0.1) is 0 Å². The van der Waals surface area contributed by atoms with Crippen LogP contribution in [0.25, 0.3) is 0 Å². The summed E-state index contributed by atoms with van der Waals surface area (Å²) in [6.07, 6.45) is 4.42. The average Bonchev–Trinajstić information content (AvgIpc) is 2.74. The van der Waals surface area contributed by atoms with Crippen LogP contribution in [0.4, 0.5) is 0 Å². The van der Waals surface area contributed by atoms with Crippen LogP contribution >= 0.6 is 11.8 Å². The largest absolute Gasteiger partial charge is 0.345 e. The van der Waals surface area contributed by atoms with Crippen molar-refractivity contribution in [3.63, 3.8) is 0 Å². The number of carbonyl (C=O) groups excluding carboxylic acids is 2. The first-order chi connectivity index (χ1) is 10.6. The summed E-state index contributed by atoms with van der Waals surface area (Å²) < 4.78 is 0. The van der Waals surface area contributed by atoms with Crippen molar-refractivity contribution in [3.05, 3.63) is 0 Å². The highest BCUT2D eigenvalue weighted by molar-refractivity contribution is 7.98. The summed E-state index contributed by atoms with van der Waals surface area (Å²) in [4.78, 5) is 25.0. The molecule has 0 aliphatic heterocycles. The van der Waals surface area contributed by atoms with Crippen molar-refractivity contribution in [3.8, 4) is 0 Å². The van der Waals surface area contributed by atoms with E-state index in [1.807, 2.05) is 13.3 Å². The molecule has 0 heterocycles. The Kier molecular flexibility index (Phi) is 7.11. The van der Waals surface area contributed by atoms with Gasteiger partial charge in [-0.1, -0.05) is 13.8 Å². The Hall–Kier alpha value is -0.590. The second-order valence-corrected chi connectivity index (χ2v) is 8.40. The molecular formula is C17H33N3O2S. The van der Waals surface area contributed by atoms with Gasteiger partial charge in [0.15, 0.2) is 5.78 Å². The number of ketones is 1. The van der Waals surface area contributed by atoms with E-state index in [0.29, 0.717) is 6.42 Å². The van der Waals surface area contributed by atoms with Crippen molar-refractivity contribution < 1.29 is 9.59 Å². The van der Waals surface area contributed by atoms with E-state index in [4.69, 9.17) is 5.73 Å². The predicted octanol–water partition coefficient (Wildman–Crippen LogP) is 1.55. The first-order valence-electron chi connectivity index (χ1n) is 8.38. The van der Waals surface area contributed by atoms with E-state index in [1.165, 1.54) is 0 Å². The summed E-state index contributed by atoms with van der Waals surface area (Å²) in [7, 11) is 1.95. The number of carbonyl (C=O) groups is 2. The molecule has 2 unspecified atom stereocenters. The molecule has 0 aromatic rings. The van der Waals surface area contributed by atoms with E-state index >= 15 is 0 Å². The van der Waals surface area contributed by atoms with Gasteiger partial charge in [0.2, 0.25) is 5.91 Å². The van der Waals surface area contributed by atoms with Gasteiger partial charge in [0.05, 0.1) is 12.1 Å². The topological polar surface area (TPSA) is 84.2 Å². The van der Waals surface area contributed by atoms with Crippen molar-refractivity contribution in [1.29, 1.82) is 0 Å². The SMILES string of the molecule is CNC1(C)CCC(C(=O)[C@@H](C)NC(=O)[C@@H](N)CCSC)C1(C)C. The van der Waals surface area contributed by atoms with E-state index in [0.717, 1.165) is 18.6 Å². The average molecular weight is 344 g/mol. The van der Waals surface area contributed by atoms with E-state index < -0.39 is 12.1 Å². The summed E-state index contributed by atoms with van der Waals surface area (Å²) >= 11 is 1.66. The minimum Gasteiger partial charge on any atom is -0.345 e. The third kappa shape index (κ3) is 4.28. The molecule has 1 amide bonds. The first-order valence-corrected chi connectivity index (χ1v) is 9.77. The van der Waals surface area contributed by atoms with Gasteiger partial charge >= 0.3 is 0 Å². The zero-order valence-electron chi connectivity index (χ0n) is 15.4. The highest BCUT2D eigenvalue weighted by Gasteiger charge is 2.53. The molecule has 4 N–H and O–H groups in total. The second kappa shape index (κ2) is 7.99. The molecule has 134 valence electrons. The zero-order valence-corrected chi connectivity index (χ0v) is 16.2. The van der Waals surface area contributed by atoms with Gasteiger partial charge in [0.1, 0.15) is 0 Å².